The third-order valence-electron chi connectivity index (χ3n) is 4.77. The normalized spacial score (nSPS) is 16.2. The number of carbonyl (C=O) groups excluding carboxylic acids is 1. The molecule has 1 atom stereocenters. The fourth-order valence-electron chi connectivity index (χ4n) is 3.12. The van der Waals surface area contributed by atoms with Crippen molar-refractivity contribution in [2.24, 2.45) is 0 Å². The quantitative estimate of drug-likeness (QED) is 0.745. The molecular weight excluding hydrogens is 400 g/mol. The standard InChI is InChI=1S/C20H23F2N3O3S/c1-14(23-16-7-10-18(21)19(22)13-16)20(26)24-15-5-8-17(9-6-15)29(27,28)25-11-3-2-4-12-25/h5-10,13-14,23H,2-4,11-12H2,1H3,(H,24,26). The van der Waals surface area contributed by atoms with Crippen molar-refractivity contribution in [3.05, 3.63) is 54.1 Å². The van der Waals surface area contributed by atoms with Crippen molar-refractivity contribution < 1.29 is 22.0 Å². The van der Waals surface area contributed by atoms with Gasteiger partial charge in [0.15, 0.2) is 11.6 Å². The molecule has 2 aromatic carbocycles. The molecule has 29 heavy (non-hydrogen) atoms. The summed E-state index contributed by atoms with van der Waals surface area (Å²) >= 11 is 0. The maximum atomic E-state index is 13.3. The number of anilines is 2. The van der Waals surface area contributed by atoms with E-state index >= 15 is 0 Å². The number of benzene rings is 2. The van der Waals surface area contributed by atoms with Crippen molar-refractivity contribution in [1.29, 1.82) is 0 Å². The lowest BCUT2D eigenvalue weighted by Gasteiger charge is -2.25. The zero-order chi connectivity index (χ0) is 21.0. The van der Waals surface area contributed by atoms with Crippen LogP contribution in [-0.2, 0) is 14.8 Å². The monoisotopic (exact) mass is 423 g/mol. The van der Waals surface area contributed by atoms with E-state index in [1.165, 1.54) is 34.6 Å². The highest BCUT2D eigenvalue weighted by atomic mass is 32.2. The van der Waals surface area contributed by atoms with Crippen molar-refractivity contribution in [2.45, 2.75) is 37.1 Å². The van der Waals surface area contributed by atoms with Gasteiger partial charge in [0, 0.05) is 30.5 Å². The maximum absolute atomic E-state index is 13.3. The third-order valence-corrected chi connectivity index (χ3v) is 6.68. The van der Waals surface area contributed by atoms with Gasteiger partial charge in [0.2, 0.25) is 15.9 Å². The van der Waals surface area contributed by atoms with Gasteiger partial charge in [-0.25, -0.2) is 17.2 Å². The van der Waals surface area contributed by atoms with Crippen LogP contribution in [0.4, 0.5) is 20.2 Å². The van der Waals surface area contributed by atoms with Crippen LogP contribution in [0.15, 0.2) is 47.4 Å². The molecule has 1 aliphatic heterocycles. The number of carbonyl (C=O) groups is 1. The Hall–Kier alpha value is -2.52. The van der Waals surface area contributed by atoms with Crippen molar-refractivity contribution in [3.8, 4) is 0 Å². The number of halogens is 2. The Balaban J connectivity index is 1.62. The van der Waals surface area contributed by atoms with Crippen LogP contribution in [0, 0.1) is 11.6 Å². The van der Waals surface area contributed by atoms with Crippen LogP contribution < -0.4 is 10.6 Å². The van der Waals surface area contributed by atoms with E-state index in [2.05, 4.69) is 10.6 Å². The van der Waals surface area contributed by atoms with Gasteiger partial charge in [-0.3, -0.25) is 4.79 Å². The van der Waals surface area contributed by atoms with Crippen LogP contribution in [0.25, 0.3) is 0 Å². The van der Waals surface area contributed by atoms with Crippen LogP contribution in [0.1, 0.15) is 26.2 Å². The molecule has 1 saturated heterocycles. The van der Waals surface area contributed by atoms with E-state index in [-0.39, 0.29) is 10.6 Å². The first-order valence-electron chi connectivity index (χ1n) is 9.40. The molecule has 6 nitrogen and oxygen atoms in total. The lowest BCUT2D eigenvalue weighted by molar-refractivity contribution is -0.116. The smallest absolute Gasteiger partial charge is 0.246 e. The zero-order valence-corrected chi connectivity index (χ0v) is 16.8. The predicted molar refractivity (Wildman–Crippen MR) is 107 cm³/mol. The summed E-state index contributed by atoms with van der Waals surface area (Å²) in [6.07, 6.45) is 2.75. The molecule has 0 radical (unpaired) electrons. The first-order valence-corrected chi connectivity index (χ1v) is 10.8. The summed E-state index contributed by atoms with van der Waals surface area (Å²) in [6.45, 7) is 2.62. The van der Waals surface area contributed by atoms with Gasteiger partial charge >= 0.3 is 0 Å². The zero-order valence-electron chi connectivity index (χ0n) is 16.0. The van der Waals surface area contributed by atoms with Crippen LogP contribution in [0.3, 0.4) is 0 Å². The van der Waals surface area contributed by atoms with Gasteiger partial charge < -0.3 is 10.6 Å². The van der Waals surface area contributed by atoms with Gasteiger partial charge in [-0.2, -0.15) is 4.31 Å². The van der Waals surface area contributed by atoms with Gasteiger partial charge in [-0.15, -0.1) is 0 Å². The highest BCUT2D eigenvalue weighted by Crippen LogP contribution is 2.22. The second-order valence-electron chi connectivity index (χ2n) is 6.97. The van der Waals surface area contributed by atoms with E-state index in [9.17, 15) is 22.0 Å². The molecule has 0 aliphatic carbocycles. The Morgan fingerprint density at radius 1 is 0.966 bits per heavy atom. The summed E-state index contributed by atoms with van der Waals surface area (Å²) < 4.78 is 53.1. The second-order valence-corrected chi connectivity index (χ2v) is 8.91. The molecule has 0 aromatic heterocycles. The second kappa shape index (κ2) is 8.87. The SMILES string of the molecule is CC(Nc1ccc(F)c(F)c1)C(=O)Nc1ccc(S(=O)(=O)N2CCCCC2)cc1. The lowest BCUT2D eigenvalue weighted by atomic mass is 10.2. The first kappa shape index (κ1) is 21.2. The van der Waals surface area contributed by atoms with Gasteiger partial charge in [0.1, 0.15) is 6.04 Å². The van der Waals surface area contributed by atoms with Crippen molar-refractivity contribution in [1.82, 2.24) is 4.31 Å². The summed E-state index contributed by atoms with van der Waals surface area (Å²) in [4.78, 5) is 12.5. The van der Waals surface area contributed by atoms with Crippen LogP contribution >= 0.6 is 0 Å². The number of rotatable bonds is 6. The van der Waals surface area contributed by atoms with Crippen LogP contribution in [0.2, 0.25) is 0 Å². The van der Waals surface area contributed by atoms with Crippen molar-refractivity contribution in [3.63, 3.8) is 0 Å². The molecule has 1 amide bonds. The molecule has 156 valence electrons. The maximum Gasteiger partial charge on any atom is 0.246 e. The number of nitrogens with zero attached hydrogens (tertiary/aromatic N) is 1. The Morgan fingerprint density at radius 2 is 1.59 bits per heavy atom. The number of amides is 1. The number of sulfonamides is 1. The van der Waals surface area contributed by atoms with Crippen LogP contribution in [-0.4, -0.2) is 37.8 Å². The Bertz CT molecular complexity index is 975. The van der Waals surface area contributed by atoms with E-state index in [0.717, 1.165) is 31.4 Å². The highest BCUT2D eigenvalue weighted by molar-refractivity contribution is 7.89. The molecule has 1 unspecified atom stereocenters. The summed E-state index contributed by atoms with van der Waals surface area (Å²) in [5, 5.41) is 5.46. The molecule has 0 bridgehead atoms. The molecule has 9 heteroatoms. The Labute approximate surface area is 169 Å². The molecule has 2 aromatic rings. The highest BCUT2D eigenvalue weighted by Gasteiger charge is 2.25. The summed E-state index contributed by atoms with van der Waals surface area (Å²) in [5.74, 6) is -2.37. The first-order chi connectivity index (χ1) is 13.8. The number of nitrogens with one attached hydrogen (secondary N) is 2. The van der Waals surface area contributed by atoms with Crippen molar-refractivity contribution >= 4 is 27.3 Å². The fraction of sp³-hybridized carbons (Fsp3) is 0.350. The van der Waals surface area contributed by atoms with Gasteiger partial charge in [-0.1, -0.05) is 6.42 Å². The number of hydrogen-bond acceptors (Lipinski definition) is 4. The van der Waals surface area contributed by atoms with E-state index in [1.54, 1.807) is 6.92 Å². The largest absolute Gasteiger partial charge is 0.374 e. The Morgan fingerprint density at radius 3 is 2.21 bits per heavy atom. The molecule has 1 fully saturated rings. The van der Waals surface area contributed by atoms with E-state index in [4.69, 9.17) is 0 Å². The van der Waals surface area contributed by atoms with E-state index in [1.807, 2.05) is 0 Å². The molecule has 1 heterocycles. The fourth-order valence-corrected chi connectivity index (χ4v) is 4.63. The minimum Gasteiger partial charge on any atom is -0.374 e. The number of hydrogen-bond donors (Lipinski definition) is 2. The average Bonchev–Trinajstić information content (AvgIpc) is 2.72. The summed E-state index contributed by atoms with van der Waals surface area (Å²) in [7, 11) is -3.53. The minimum absolute atomic E-state index is 0.186. The molecule has 0 saturated carbocycles. The molecule has 0 spiro atoms. The lowest BCUT2D eigenvalue weighted by Crippen LogP contribution is -2.35. The topological polar surface area (TPSA) is 78.5 Å². The molecule has 3 rings (SSSR count). The van der Waals surface area contributed by atoms with Crippen molar-refractivity contribution in [2.75, 3.05) is 23.7 Å². The number of piperidine rings is 1. The van der Waals surface area contributed by atoms with Gasteiger partial charge in [0.25, 0.3) is 0 Å². The van der Waals surface area contributed by atoms with E-state index < -0.39 is 33.6 Å². The molecule has 2 N–H and O–H groups in total. The van der Waals surface area contributed by atoms with Gasteiger partial charge in [0.05, 0.1) is 4.90 Å². The summed E-state index contributed by atoms with van der Waals surface area (Å²) in [5.41, 5.74) is 0.709. The summed E-state index contributed by atoms with van der Waals surface area (Å²) in [6, 6.07) is 8.54. The molecule has 1 aliphatic rings. The van der Waals surface area contributed by atoms with Crippen LogP contribution in [0.5, 0.6) is 0 Å². The average molecular weight is 423 g/mol. The van der Waals surface area contributed by atoms with Gasteiger partial charge in [-0.05, 0) is 56.2 Å². The molecular formula is C20H23F2N3O3S. The van der Waals surface area contributed by atoms with E-state index in [0.29, 0.717) is 18.8 Å². The Kier molecular flexibility index (Phi) is 6.49. The third kappa shape index (κ3) is 5.10. The minimum atomic E-state index is -3.53. The predicted octanol–water partition coefficient (Wildman–Crippen LogP) is 3.58.